The van der Waals surface area contributed by atoms with Gasteiger partial charge in [-0.2, -0.15) is 0 Å². The Morgan fingerprint density at radius 3 is 2.48 bits per heavy atom. The number of nitrogens with two attached hydrogens (primary N) is 2. The zero-order chi connectivity index (χ0) is 15.1. The Hall–Kier alpha value is -2.47. The first-order valence-corrected chi connectivity index (χ1v) is 6.91. The van der Waals surface area contributed by atoms with Gasteiger partial charge in [0.15, 0.2) is 11.5 Å². The van der Waals surface area contributed by atoms with Crippen molar-refractivity contribution in [1.82, 2.24) is 14.6 Å². The van der Waals surface area contributed by atoms with Gasteiger partial charge in [-0.15, -0.1) is 5.10 Å². The number of rotatable bonds is 2. The number of hydrogen-bond donors (Lipinski definition) is 2. The lowest BCUT2D eigenvalue weighted by molar-refractivity contribution is 0.913. The molecule has 6 heteroatoms. The topological polar surface area (TPSA) is 82.2 Å². The van der Waals surface area contributed by atoms with E-state index in [2.05, 4.69) is 10.1 Å². The summed E-state index contributed by atoms with van der Waals surface area (Å²) in [6.07, 6.45) is 0. The van der Waals surface area contributed by atoms with E-state index in [4.69, 9.17) is 23.7 Å². The van der Waals surface area contributed by atoms with Crippen LogP contribution in [-0.4, -0.2) is 19.6 Å². The van der Waals surface area contributed by atoms with E-state index >= 15 is 0 Å². The number of aryl methyl sites for hydroxylation is 2. The number of anilines is 1. The second kappa shape index (κ2) is 4.82. The Morgan fingerprint density at radius 1 is 1.19 bits per heavy atom. The molecule has 0 aliphatic heterocycles. The number of thiocarbonyl (C=S) groups is 1. The van der Waals surface area contributed by atoms with Crippen LogP contribution in [0.3, 0.4) is 0 Å². The highest BCUT2D eigenvalue weighted by Gasteiger charge is 2.15. The second-order valence-corrected chi connectivity index (χ2v) is 5.44. The van der Waals surface area contributed by atoms with E-state index in [0.717, 1.165) is 22.4 Å². The third-order valence-corrected chi connectivity index (χ3v) is 3.60. The van der Waals surface area contributed by atoms with Crippen LogP contribution in [0.4, 0.5) is 5.69 Å². The van der Waals surface area contributed by atoms with Crippen molar-refractivity contribution in [2.75, 3.05) is 5.73 Å². The van der Waals surface area contributed by atoms with Crippen molar-refractivity contribution in [3.8, 4) is 11.4 Å². The molecule has 21 heavy (non-hydrogen) atoms. The van der Waals surface area contributed by atoms with Gasteiger partial charge in [0.05, 0.1) is 5.56 Å². The highest BCUT2D eigenvalue weighted by Crippen LogP contribution is 2.22. The molecule has 106 valence electrons. The molecule has 0 saturated carbocycles. The molecule has 4 N–H and O–H groups in total. The summed E-state index contributed by atoms with van der Waals surface area (Å²) >= 11 is 5.14. The minimum atomic E-state index is 0.328. The lowest BCUT2D eigenvalue weighted by Gasteiger charge is -2.07. The van der Waals surface area contributed by atoms with Crippen molar-refractivity contribution >= 4 is 28.5 Å². The first-order valence-electron chi connectivity index (χ1n) is 6.50. The van der Waals surface area contributed by atoms with Crippen molar-refractivity contribution in [3.05, 3.63) is 47.2 Å². The Bertz CT molecular complexity index is 849. The number of nitrogen functional groups attached to an aromatic ring is 1. The Kier molecular flexibility index (Phi) is 3.10. The third-order valence-electron chi connectivity index (χ3n) is 3.40. The Labute approximate surface area is 127 Å². The van der Waals surface area contributed by atoms with Gasteiger partial charge in [0.25, 0.3) is 0 Å². The highest BCUT2D eigenvalue weighted by molar-refractivity contribution is 7.80. The third kappa shape index (κ3) is 2.23. The van der Waals surface area contributed by atoms with Gasteiger partial charge in [0, 0.05) is 16.9 Å². The average Bonchev–Trinajstić information content (AvgIpc) is 2.84. The molecule has 0 bridgehead atoms. The predicted octanol–water partition coefficient (Wildman–Crippen LogP) is 2.23. The van der Waals surface area contributed by atoms with Gasteiger partial charge in [-0.1, -0.05) is 12.2 Å². The summed E-state index contributed by atoms with van der Waals surface area (Å²) < 4.78 is 1.77. The number of aromatic nitrogens is 3. The summed E-state index contributed by atoms with van der Waals surface area (Å²) in [6, 6.07) is 9.45. The van der Waals surface area contributed by atoms with Gasteiger partial charge in [0.2, 0.25) is 0 Å². The first kappa shape index (κ1) is 13.5. The van der Waals surface area contributed by atoms with Crippen LogP contribution in [-0.2, 0) is 0 Å². The quantitative estimate of drug-likeness (QED) is 0.560. The molecule has 0 atom stereocenters. The fourth-order valence-corrected chi connectivity index (χ4v) is 2.65. The van der Waals surface area contributed by atoms with E-state index in [1.165, 1.54) is 0 Å². The van der Waals surface area contributed by atoms with Gasteiger partial charge in [0.1, 0.15) is 4.99 Å². The molecule has 3 aromatic rings. The molecule has 2 aromatic heterocycles. The summed E-state index contributed by atoms with van der Waals surface area (Å²) in [5.41, 5.74) is 16.6. The molecular formula is C15H15N5S. The lowest BCUT2D eigenvalue weighted by Crippen LogP contribution is -2.14. The summed E-state index contributed by atoms with van der Waals surface area (Å²) in [7, 11) is 0. The molecule has 0 aliphatic carbocycles. The molecular weight excluding hydrogens is 282 g/mol. The second-order valence-electron chi connectivity index (χ2n) is 5.00. The van der Waals surface area contributed by atoms with E-state index < -0.39 is 0 Å². The SMILES string of the molecule is Cc1cc(C)n2nc(-c3ccc(N)cc3)nc2c1C(N)=S. The van der Waals surface area contributed by atoms with E-state index in [9.17, 15) is 0 Å². The van der Waals surface area contributed by atoms with E-state index in [0.29, 0.717) is 22.1 Å². The molecule has 2 heterocycles. The van der Waals surface area contributed by atoms with E-state index in [1.807, 2.05) is 44.2 Å². The maximum Gasteiger partial charge on any atom is 0.182 e. The zero-order valence-electron chi connectivity index (χ0n) is 11.8. The predicted molar refractivity (Wildman–Crippen MR) is 88.2 cm³/mol. The van der Waals surface area contributed by atoms with Crippen LogP contribution in [0.15, 0.2) is 30.3 Å². The van der Waals surface area contributed by atoms with Gasteiger partial charge < -0.3 is 11.5 Å². The van der Waals surface area contributed by atoms with Crippen LogP contribution < -0.4 is 11.5 Å². The molecule has 0 spiro atoms. The minimum absolute atomic E-state index is 0.328. The maximum absolute atomic E-state index is 5.83. The molecule has 0 fully saturated rings. The van der Waals surface area contributed by atoms with Crippen LogP contribution in [0.2, 0.25) is 0 Å². The van der Waals surface area contributed by atoms with Crippen LogP contribution in [0.25, 0.3) is 17.0 Å². The molecule has 5 nitrogen and oxygen atoms in total. The number of nitrogens with zero attached hydrogens (tertiary/aromatic N) is 3. The number of hydrogen-bond acceptors (Lipinski definition) is 4. The van der Waals surface area contributed by atoms with Crippen LogP contribution >= 0.6 is 12.2 Å². The Balaban J connectivity index is 2.29. The summed E-state index contributed by atoms with van der Waals surface area (Å²) in [5, 5.41) is 4.55. The minimum Gasteiger partial charge on any atom is -0.399 e. The fourth-order valence-electron chi connectivity index (χ4n) is 2.40. The lowest BCUT2D eigenvalue weighted by atomic mass is 10.1. The largest absolute Gasteiger partial charge is 0.399 e. The molecule has 1 aromatic carbocycles. The van der Waals surface area contributed by atoms with Gasteiger partial charge >= 0.3 is 0 Å². The monoisotopic (exact) mass is 297 g/mol. The normalized spacial score (nSPS) is 11.0. The van der Waals surface area contributed by atoms with Gasteiger partial charge in [-0.3, -0.25) is 0 Å². The average molecular weight is 297 g/mol. The Morgan fingerprint density at radius 2 is 1.86 bits per heavy atom. The van der Waals surface area contributed by atoms with Gasteiger partial charge in [-0.05, 0) is 49.7 Å². The van der Waals surface area contributed by atoms with Crippen molar-refractivity contribution in [2.24, 2.45) is 5.73 Å². The number of benzene rings is 1. The molecule has 0 radical (unpaired) electrons. The molecule has 0 aliphatic rings. The van der Waals surface area contributed by atoms with Crippen LogP contribution in [0.5, 0.6) is 0 Å². The van der Waals surface area contributed by atoms with Crippen molar-refractivity contribution < 1.29 is 0 Å². The standard InChI is InChI=1S/C15H15N5S/c1-8-7-9(2)20-15(12(8)13(17)21)18-14(19-20)10-3-5-11(16)6-4-10/h3-7H,16H2,1-2H3,(H2,17,21). The van der Waals surface area contributed by atoms with Crippen molar-refractivity contribution in [3.63, 3.8) is 0 Å². The summed E-state index contributed by atoms with van der Waals surface area (Å²) in [5.74, 6) is 0.626. The summed E-state index contributed by atoms with van der Waals surface area (Å²) in [4.78, 5) is 4.93. The maximum atomic E-state index is 5.83. The van der Waals surface area contributed by atoms with Gasteiger partial charge in [-0.25, -0.2) is 9.50 Å². The number of fused-ring (bicyclic) bond motifs is 1. The zero-order valence-corrected chi connectivity index (χ0v) is 12.6. The van der Waals surface area contributed by atoms with E-state index in [1.54, 1.807) is 4.52 Å². The molecule has 0 amide bonds. The van der Waals surface area contributed by atoms with Crippen molar-refractivity contribution in [1.29, 1.82) is 0 Å². The fraction of sp³-hybridized carbons (Fsp3) is 0.133. The van der Waals surface area contributed by atoms with E-state index in [-0.39, 0.29) is 0 Å². The van der Waals surface area contributed by atoms with Crippen molar-refractivity contribution in [2.45, 2.75) is 13.8 Å². The van der Waals surface area contributed by atoms with Crippen LogP contribution in [0, 0.1) is 13.8 Å². The summed E-state index contributed by atoms with van der Waals surface area (Å²) in [6.45, 7) is 3.95. The molecule has 0 saturated heterocycles. The number of pyridine rings is 1. The smallest absolute Gasteiger partial charge is 0.182 e. The highest BCUT2D eigenvalue weighted by atomic mass is 32.1. The molecule has 0 unspecified atom stereocenters. The first-order chi connectivity index (χ1) is 9.97. The molecule has 3 rings (SSSR count). The van der Waals surface area contributed by atoms with Crippen LogP contribution in [0.1, 0.15) is 16.8 Å².